The Bertz CT molecular complexity index is 1160. The highest BCUT2D eigenvalue weighted by Crippen LogP contribution is 2.55. The number of carbonyl (C=O) groups excluding carboxylic acids is 1. The summed E-state index contributed by atoms with van der Waals surface area (Å²) in [4.78, 5) is 15.0. The molecule has 2 atom stereocenters. The zero-order chi connectivity index (χ0) is 23.0. The van der Waals surface area contributed by atoms with Crippen molar-refractivity contribution in [3.63, 3.8) is 0 Å². The number of nitrogens with zero attached hydrogens (tertiary/aromatic N) is 1. The van der Waals surface area contributed by atoms with Gasteiger partial charge in [0.15, 0.2) is 11.5 Å². The lowest BCUT2D eigenvalue weighted by Gasteiger charge is -2.20. The van der Waals surface area contributed by atoms with Crippen molar-refractivity contribution in [2.75, 3.05) is 18.7 Å². The van der Waals surface area contributed by atoms with Gasteiger partial charge in [-0.3, -0.25) is 4.79 Å². The number of benzene rings is 3. The molecule has 1 aliphatic heterocycles. The molecule has 6 heteroatoms. The van der Waals surface area contributed by atoms with Crippen LogP contribution in [0.25, 0.3) is 0 Å². The average Bonchev–Trinajstić information content (AvgIpc) is 3.14. The number of ether oxygens (including phenoxy) is 4. The van der Waals surface area contributed by atoms with Crippen molar-refractivity contribution in [2.24, 2.45) is 11.3 Å². The number of fused-ring (bicyclic) bond motifs is 1. The fraction of sp³-hybridized carbons (Fsp3) is 0.296. The number of rotatable bonds is 7. The average molecular weight is 446 g/mol. The number of hydrogen-bond donors (Lipinski definition) is 0. The molecule has 0 aromatic heterocycles. The van der Waals surface area contributed by atoms with Gasteiger partial charge in [-0.25, -0.2) is 0 Å². The number of carbonyl (C=O) groups is 1. The summed E-state index contributed by atoms with van der Waals surface area (Å²) in [6.45, 7) is 4.47. The summed E-state index contributed by atoms with van der Waals surface area (Å²) in [5.74, 6) is 1.45. The molecule has 0 saturated heterocycles. The molecule has 1 aliphatic carbocycles. The summed E-state index contributed by atoms with van der Waals surface area (Å²) >= 11 is 0. The molecule has 3 aromatic rings. The Kier molecular flexibility index (Phi) is 5.36. The molecular weight excluding hydrogens is 418 g/mol. The van der Waals surface area contributed by atoms with E-state index in [1.165, 1.54) is 0 Å². The lowest BCUT2D eigenvalue weighted by Crippen LogP contribution is -2.13. The van der Waals surface area contributed by atoms with Gasteiger partial charge in [0.05, 0.1) is 0 Å². The predicted octanol–water partition coefficient (Wildman–Crippen LogP) is 5.33. The van der Waals surface area contributed by atoms with Gasteiger partial charge in [-0.15, -0.1) is 0 Å². The Morgan fingerprint density at radius 3 is 2.55 bits per heavy atom. The highest BCUT2D eigenvalue weighted by Gasteiger charge is 2.65. The van der Waals surface area contributed by atoms with Crippen LogP contribution < -0.4 is 19.1 Å². The summed E-state index contributed by atoms with van der Waals surface area (Å²) in [6, 6.07) is 23.6. The standard InChI is InChI=1S/C27H27NO5/c1-27(2)24(25(27)33-21-12-13-22-23(15-21)32-17-31-22)26(29)30-16-18-8-7-11-20(14-18)28(3)19-9-5-4-6-10-19/h4-15,24-25H,16-17H2,1-3H3. The zero-order valence-corrected chi connectivity index (χ0v) is 19.0. The molecule has 0 spiro atoms. The fourth-order valence-corrected chi connectivity index (χ4v) is 4.23. The lowest BCUT2D eigenvalue weighted by atomic mass is 10.1. The van der Waals surface area contributed by atoms with Gasteiger partial charge in [-0.1, -0.05) is 44.2 Å². The van der Waals surface area contributed by atoms with Crippen LogP contribution in [0.2, 0.25) is 0 Å². The Balaban J connectivity index is 1.20. The molecule has 6 nitrogen and oxygen atoms in total. The maximum Gasteiger partial charge on any atom is 0.313 e. The maximum absolute atomic E-state index is 12.9. The van der Waals surface area contributed by atoms with E-state index in [-0.39, 0.29) is 36.8 Å². The number of anilines is 2. The SMILES string of the molecule is CN(c1ccccc1)c1cccc(COC(=O)C2C(Oc3ccc4c(c3)OCO4)C2(C)C)c1. The van der Waals surface area contributed by atoms with E-state index >= 15 is 0 Å². The van der Waals surface area contributed by atoms with Gasteiger partial charge in [0, 0.05) is 29.9 Å². The van der Waals surface area contributed by atoms with Gasteiger partial charge in [-0.2, -0.15) is 0 Å². The van der Waals surface area contributed by atoms with Crippen LogP contribution in [0.15, 0.2) is 72.8 Å². The topological polar surface area (TPSA) is 57.2 Å². The molecule has 1 saturated carbocycles. The van der Waals surface area contributed by atoms with E-state index in [4.69, 9.17) is 18.9 Å². The van der Waals surface area contributed by atoms with Crippen LogP contribution in [-0.2, 0) is 16.1 Å². The van der Waals surface area contributed by atoms with Gasteiger partial charge in [0.25, 0.3) is 0 Å². The van der Waals surface area contributed by atoms with Gasteiger partial charge < -0.3 is 23.8 Å². The minimum absolute atomic E-state index is 0.213. The molecule has 1 fully saturated rings. The summed E-state index contributed by atoms with van der Waals surface area (Å²) in [5, 5.41) is 0. The highest BCUT2D eigenvalue weighted by atomic mass is 16.7. The van der Waals surface area contributed by atoms with E-state index in [1.807, 2.05) is 75.5 Å². The molecule has 1 heterocycles. The van der Waals surface area contributed by atoms with Gasteiger partial charge in [-0.05, 0) is 42.0 Å². The second-order valence-corrected chi connectivity index (χ2v) is 9.02. The van der Waals surface area contributed by atoms with E-state index in [0.717, 1.165) is 16.9 Å². The van der Waals surface area contributed by atoms with Crippen molar-refractivity contribution < 1.29 is 23.7 Å². The third-order valence-electron chi connectivity index (χ3n) is 6.41. The third kappa shape index (κ3) is 4.21. The van der Waals surface area contributed by atoms with E-state index in [9.17, 15) is 4.79 Å². The van der Waals surface area contributed by atoms with E-state index in [1.54, 1.807) is 6.07 Å². The summed E-state index contributed by atoms with van der Waals surface area (Å²) in [6.07, 6.45) is -0.249. The fourth-order valence-electron chi connectivity index (χ4n) is 4.23. The summed E-state index contributed by atoms with van der Waals surface area (Å²) in [5.41, 5.74) is 2.76. The van der Waals surface area contributed by atoms with Crippen LogP contribution in [0.5, 0.6) is 17.2 Å². The zero-order valence-electron chi connectivity index (χ0n) is 19.0. The quantitative estimate of drug-likeness (QED) is 0.458. The van der Waals surface area contributed by atoms with Crippen LogP contribution in [0.3, 0.4) is 0 Å². The monoisotopic (exact) mass is 445 g/mol. The molecule has 2 unspecified atom stereocenters. The Morgan fingerprint density at radius 2 is 1.73 bits per heavy atom. The molecule has 0 radical (unpaired) electrons. The normalized spacial score (nSPS) is 19.6. The van der Waals surface area contributed by atoms with E-state index in [0.29, 0.717) is 17.2 Å². The van der Waals surface area contributed by atoms with Crippen molar-refractivity contribution in [2.45, 2.75) is 26.6 Å². The number of hydrogen-bond acceptors (Lipinski definition) is 6. The van der Waals surface area contributed by atoms with Crippen LogP contribution in [-0.4, -0.2) is 25.9 Å². The second kappa shape index (κ2) is 8.35. The van der Waals surface area contributed by atoms with Crippen LogP contribution >= 0.6 is 0 Å². The highest BCUT2D eigenvalue weighted by molar-refractivity contribution is 5.78. The Hall–Kier alpha value is -3.67. The minimum Gasteiger partial charge on any atom is -0.489 e. The molecule has 0 bridgehead atoms. The predicted molar refractivity (Wildman–Crippen MR) is 125 cm³/mol. The van der Waals surface area contributed by atoms with Crippen molar-refractivity contribution in [1.82, 2.24) is 0 Å². The third-order valence-corrected chi connectivity index (χ3v) is 6.41. The smallest absolute Gasteiger partial charge is 0.313 e. The first-order valence-electron chi connectivity index (χ1n) is 11.0. The van der Waals surface area contributed by atoms with Crippen molar-refractivity contribution in [1.29, 1.82) is 0 Å². The van der Waals surface area contributed by atoms with Gasteiger partial charge in [0.2, 0.25) is 6.79 Å². The first kappa shape index (κ1) is 21.2. The summed E-state index contributed by atoms with van der Waals surface area (Å²) < 4.78 is 22.5. The van der Waals surface area contributed by atoms with Crippen molar-refractivity contribution >= 4 is 17.3 Å². The van der Waals surface area contributed by atoms with Crippen LogP contribution in [0, 0.1) is 11.3 Å². The minimum atomic E-state index is -0.321. The first-order chi connectivity index (χ1) is 15.9. The first-order valence-corrected chi connectivity index (χ1v) is 11.0. The number of para-hydroxylation sites is 1. The van der Waals surface area contributed by atoms with Crippen LogP contribution in [0.1, 0.15) is 19.4 Å². The van der Waals surface area contributed by atoms with Crippen molar-refractivity contribution in [3.8, 4) is 17.2 Å². The van der Waals surface area contributed by atoms with E-state index in [2.05, 4.69) is 17.0 Å². The van der Waals surface area contributed by atoms with Gasteiger partial charge >= 0.3 is 5.97 Å². The second-order valence-electron chi connectivity index (χ2n) is 9.02. The Morgan fingerprint density at radius 1 is 0.970 bits per heavy atom. The molecule has 3 aromatic carbocycles. The molecule has 0 amide bonds. The lowest BCUT2D eigenvalue weighted by molar-refractivity contribution is -0.147. The molecule has 170 valence electrons. The largest absolute Gasteiger partial charge is 0.489 e. The van der Waals surface area contributed by atoms with Gasteiger partial charge in [0.1, 0.15) is 24.4 Å². The van der Waals surface area contributed by atoms with E-state index < -0.39 is 0 Å². The molecule has 33 heavy (non-hydrogen) atoms. The van der Waals surface area contributed by atoms with Crippen molar-refractivity contribution in [3.05, 3.63) is 78.4 Å². The molecule has 2 aliphatic rings. The maximum atomic E-state index is 12.9. The molecule has 5 rings (SSSR count). The summed E-state index contributed by atoms with van der Waals surface area (Å²) in [7, 11) is 2.02. The number of esters is 1. The molecular formula is C27H27NO5. The molecule has 0 N–H and O–H groups in total. The van der Waals surface area contributed by atoms with Crippen LogP contribution in [0.4, 0.5) is 11.4 Å². The Labute approximate surface area is 193 Å².